The van der Waals surface area contributed by atoms with Gasteiger partial charge in [-0.3, -0.25) is 4.79 Å². The van der Waals surface area contributed by atoms with Crippen molar-refractivity contribution in [3.05, 3.63) is 51.9 Å². The van der Waals surface area contributed by atoms with Crippen molar-refractivity contribution < 1.29 is 14.5 Å². The first kappa shape index (κ1) is 15.9. The summed E-state index contributed by atoms with van der Waals surface area (Å²) in [6.07, 6.45) is 1.62. The molecule has 0 radical (unpaired) electrons. The molecule has 0 spiro atoms. The lowest BCUT2D eigenvalue weighted by Gasteiger charge is -2.12. The first-order valence-electron chi connectivity index (χ1n) is 6.60. The van der Waals surface area contributed by atoms with Gasteiger partial charge in [-0.15, -0.1) is 0 Å². The fourth-order valence-electron chi connectivity index (χ4n) is 1.91. The van der Waals surface area contributed by atoms with Crippen molar-refractivity contribution in [2.75, 3.05) is 11.9 Å². The molecule has 0 saturated carbocycles. The smallest absolute Gasteiger partial charge is 0.279 e. The van der Waals surface area contributed by atoms with Gasteiger partial charge in [0.05, 0.1) is 22.0 Å². The van der Waals surface area contributed by atoms with Crippen LogP contribution in [0, 0.1) is 6.92 Å². The fourth-order valence-corrected chi connectivity index (χ4v) is 2.38. The number of nitrogens with one attached hydrogen (secondary N) is 1. The van der Waals surface area contributed by atoms with Gasteiger partial charge in [-0.1, -0.05) is 29.3 Å². The van der Waals surface area contributed by atoms with Gasteiger partial charge in [0, 0.05) is 0 Å². The van der Waals surface area contributed by atoms with E-state index in [0.717, 1.165) is 11.3 Å². The summed E-state index contributed by atoms with van der Waals surface area (Å²) in [6.45, 7) is 4.08. The second kappa shape index (κ2) is 6.98. The summed E-state index contributed by atoms with van der Waals surface area (Å²) in [5, 5.41) is 5.53. The lowest BCUT2D eigenvalue weighted by atomic mass is 10.2. The number of rotatable bonds is 5. The number of benzene rings is 1. The van der Waals surface area contributed by atoms with Crippen LogP contribution in [-0.2, 0) is 4.79 Å². The fraction of sp³-hybridized carbons (Fsp3) is 0.267. The highest BCUT2D eigenvalue weighted by Gasteiger charge is 2.16. The van der Waals surface area contributed by atoms with Gasteiger partial charge in [0.1, 0.15) is 6.04 Å². The highest BCUT2D eigenvalue weighted by molar-refractivity contribution is 6.40. The molecule has 112 valence electrons. The number of amides is 1. The number of hydrogen-bond donors (Lipinski definition) is 2. The second-order valence-corrected chi connectivity index (χ2v) is 5.63. The van der Waals surface area contributed by atoms with E-state index >= 15 is 0 Å². The molecule has 0 fully saturated rings. The number of anilines is 1. The Balaban J connectivity index is 1.95. The molecule has 0 saturated heterocycles. The van der Waals surface area contributed by atoms with Crippen molar-refractivity contribution in [1.29, 1.82) is 0 Å². The topological polar surface area (TPSA) is 58.9 Å². The summed E-state index contributed by atoms with van der Waals surface area (Å²) < 4.78 is 5.29. The van der Waals surface area contributed by atoms with E-state index in [-0.39, 0.29) is 18.5 Å². The van der Waals surface area contributed by atoms with E-state index < -0.39 is 0 Å². The van der Waals surface area contributed by atoms with Crippen LogP contribution in [-0.4, -0.2) is 12.5 Å². The maximum absolute atomic E-state index is 12.0. The Labute approximate surface area is 133 Å². The lowest BCUT2D eigenvalue weighted by molar-refractivity contribution is -0.684. The molecule has 1 atom stereocenters. The van der Waals surface area contributed by atoms with Gasteiger partial charge in [-0.2, -0.15) is 0 Å². The summed E-state index contributed by atoms with van der Waals surface area (Å²) >= 11 is 12.2. The van der Waals surface area contributed by atoms with E-state index in [2.05, 4.69) is 5.32 Å². The number of carbonyl (C=O) groups excluding carboxylic acids is 1. The van der Waals surface area contributed by atoms with Crippen molar-refractivity contribution in [2.24, 2.45) is 0 Å². The van der Waals surface area contributed by atoms with Gasteiger partial charge in [-0.25, -0.2) is 0 Å². The highest BCUT2D eigenvalue weighted by atomic mass is 35.5. The molecule has 1 aromatic heterocycles. The number of halogens is 2. The van der Waals surface area contributed by atoms with Crippen LogP contribution < -0.4 is 10.6 Å². The summed E-state index contributed by atoms with van der Waals surface area (Å²) in [4.78, 5) is 12.0. The molecule has 0 aliphatic heterocycles. The molecule has 21 heavy (non-hydrogen) atoms. The number of carbonyl (C=O) groups is 1. The molecule has 2 rings (SSSR count). The number of quaternary nitrogens is 1. The molecule has 1 heterocycles. The van der Waals surface area contributed by atoms with Gasteiger partial charge in [0.25, 0.3) is 5.91 Å². The van der Waals surface area contributed by atoms with Gasteiger partial charge >= 0.3 is 0 Å². The zero-order chi connectivity index (χ0) is 15.4. The standard InChI is InChI=1S/C15H16Cl2N2O2/c1-9-5-6-11(16)15(14(9)17)19-13(20)8-18-10(2)12-4-3-7-21-12/h3-7,10,18H,8H2,1-2H3,(H,19,20)/p+1/t10-/m1/s1. The highest BCUT2D eigenvalue weighted by Crippen LogP contribution is 2.32. The van der Waals surface area contributed by atoms with E-state index in [9.17, 15) is 4.79 Å². The first-order valence-corrected chi connectivity index (χ1v) is 7.36. The van der Waals surface area contributed by atoms with Crippen LogP contribution in [0.2, 0.25) is 10.0 Å². The molecule has 2 aromatic rings. The van der Waals surface area contributed by atoms with Crippen molar-refractivity contribution in [2.45, 2.75) is 19.9 Å². The summed E-state index contributed by atoms with van der Waals surface area (Å²) in [6, 6.07) is 7.30. The molecule has 4 nitrogen and oxygen atoms in total. The van der Waals surface area contributed by atoms with Crippen molar-refractivity contribution in [3.63, 3.8) is 0 Å². The first-order chi connectivity index (χ1) is 9.99. The van der Waals surface area contributed by atoms with Gasteiger partial charge in [-0.05, 0) is 37.6 Å². The van der Waals surface area contributed by atoms with Crippen LogP contribution in [0.4, 0.5) is 5.69 Å². The van der Waals surface area contributed by atoms with Crippen molar-refractivity contribution in [1.82, 2.24) is 0 Å². The largest absolute Gasteiger partial charge is 0.463 e. The predicted molar refractivity (Wildman–Crippen MR) is 83.7 cm³/mol. The molecule has 0 bridgehead atoms. The summed E-state index contributed by atoms with van der Waals surface area (Å²) in [5.41, 5.74) is 1.33. The minimum Gasteiger partial charge on any atom is -0.463 e. The normalized spacial score (nSPS) is 12.2. The number of furan rings is 1. The van der Waals surface area contributed by atoms with Crippen LogP contribution >= 0.6 is 23.2 Å². The minimum absolute atomic E-state index is 0.0641. The van der Waals surface area contributed by atoms with E-state index in [1.54, 1.807) is 12.3 Å². The van der Waals surface area contributed by atoms with Crippen LogP contribution in [0.3, 0.4) is 0 Å². The quantitative estimate of drug-likeness (QED) is 0.886. The molecule has 1 amide bonds. The third kappa shape index (κ3) is 4.00. The monoisotopic (exact) mass is 327 g/mol. The van der Waals surface area contributed by atoms with Gasteiger partial charge in [0.15, 0.2) is 12.3 Å². The lowest BCUT2D eigenvalue weighted by Crippen LogP contribution is -2.86. The predicted octanol–water partition coefficient (Wildman–Crippen LogP) is 3.16. The third-order valence-electron chi connectivity index (χ3n) is 3.20. The van der Waals surface area contributed by atoms with E-state index in [0.29, 0.717) is 15.7 Å². The number of hydrogen-bond acceptors (Lipinski definition) is 2. The summed E-state index contributed by atoms with van der Waals surface area (Å²) in [5.74, 6) is 0.664. The van der Waals surface area contributed by atoms with Crippen LogP contribution in [0.25, 0.3) is 0 Å². The Morgan fingerprint density at radius 3 is 2.81 bits per heavy atom. The van der Waals surface area contributed by atoms with E-state index in [1.165, 1.54) is 0 Å². The Morgan fingerprint density at radius 2 is 2.14 bits per heavy atom. The van der Waals surface area contributed by atoms with E-state index in [1.807, 2.05) is 37.4 Å². The molecule has 0 aliphatic rings. The average Bonchev–Trinajstić information content (AvgIpc) is 2.99. The van der Waals surface area contributed by atoms with Gasteiger partial charge in [0.2, 0.25) is 0 Å². The number of aryl methyl sites for hydroxylation is 1. The Bertz CT molecular complexity index is 627. The minimum atomic E-state index is -0.164. The maximum Gasteiger partial charge on any atom is 0.279 e. The molecular weight excluding hydrogens is 311 g/mol. The Kier molecular flexibility index (Phi) is 5.28. The third-order valence-corrected chi connectivity index (χ3v) is 4.00. The zero-order valence-corrected chi connectivity index (χ0v) is 13.3. The molecular formula is C15H17Cl2N2O2+. The molecule has 0 unspecified atom stereocenters. The molecule has 3 N–H and O–H groups in total. The zero-order valence-electron chi connectivity index (χ0n) is 11.8. The number of nitrogens with two attached hydrogens (primary N) is 1. The van der Waals surface area contributed by atoms with Crippen LogP contribution in [0.5, 0.6) is 0 Å². The molecule has 0 aliphatic carbocycles. The maximum atomic E-state index is 12.0. The summed E-state index contributed by atoms with van der Waals surface area (Å²) in [7, 11) is 0. The Morgan fingerprint density at radius 1 is 1.38 bits per heavy atom. The van der Waals surface area contributed by atoms with E-state index in [4.69, 9.17) is 27.6 Å². The molecule has 1 aromatic carbocycles. The van der Waals surface area contributed by atoms with Crippen LogP contribution in [0.15, 0.2) is 34.9 Å². The average molecular weight is 328 g/mol. The van der Waals surface area contributed by atoms with Crippen molar-refractivity contribution in [3.8, 4) is 0 Å². The van der Waals surface area contributed by atoms with Crippen molar-refractivity contribution >= 4 is 34.8 Å². The Hall–Kier alpha value is -1.49. The molecule has 6 heteroatoms. The second-order valence-electron chi connectivity index (χ2n) is 4.85. The SMILES string of the molecule is Cc1ccc(Cl)c(NC(=O)C[NH2+][C@H](C)c2ccco2)c1Cl. The van der Waals surface area contributed by atoms with Gasteiger partial charge < -0.3 is 15.1 Å². The van der Waals surface area contributed by atoms with Crippen LogP contribution in [0.1, 0.15) is 24.3 Å².